The van der Waals surface area contributed by atoms with E-state index in [0.717, 1.165) is 0 Å². The molecule has 0 fully saturated rings. The maximum atomic E-state index is 5.51. The van der Waals surface area contributed by atoms with Crippen molar-refractivity contribution >= 4 is 22.3 Å². The van der Waals surface area contributed by atoms with Gasteiger partial charge in [-0.3, -0.25) is 0 Å². The first kappa shape index (κ1) is 9.02. The minimum absolute atomic E-state index is 0.419. The van der Waals surface area contributed by atoms with Gasteiger partial charge in [0.05, 0.1) is 0 Å². The second-order valence-electron chi connectivity index (χ2n) is 1.05. The van der Waals surface area contributed by atoms with E-state index in [9.17, 15) is 0 Å². The Hall–Kier alpha value is 0.0183. The standard InChI is InChI=1S/C4H6ClN3.W/c1-2-4(5)7-3-8-6;/h1-3H,6H2,(H,7,8);/b4-2-;. The molecule has 0 unspecified atom stereocenters. The van der Waals surface area contributed by atoms with Crippen LogP contribution in [0, 0.1) is 0 Å². The number of hydrogen-bond acceptors (Lipinski definition) is 2. The number of hydrogen-bond donors (Lipinski definition) is 2. The van der Waals surface area contributed by atoms with Crippen molar-refractivity contribution < 1.29 is 19.4 Å². The van der Waals surface area contributed by atoms with Gasteiger partial charge in [0.2, 0.25) is 0 Å². The van der Waals surface area contributed by atoms with Crippen LogP contribution in [0.1, 0.15) is 0 Å². The second-order valence-corrected chi connectivity index (χ2v) is 2.42. The van der Waals surface area contributed by atoms with Crippen LogP contribution in [-0.4, -0.2) is 10.7 Å². The summed E-state index contributed by atoms with van der Waals surface area (Å²) < 4.78 is 1.87. The fraction of sp³-hybridized carbons (Fsp3) is 0. The van der Waals surface area contributed by atoms with Gasteiger partial charge in [0.15, 0.2) is 0 Å². The molecule has 0 spiro atoms. The number of nitrogens with one attached hydrogen (secondary N) is 1. The summed E-state index contributed by atoms with van der Waals surface area (Å²) >= 11 is 6.84. The van der Waals surface area contributed by atoms with Gasteiger partial charge >= 0.3 is 69.2 Å². The summed E-state index contributed by atoms with van der Waals surface area (Å²) in [5.41, 5.74) is 2.23. The van der Waals surface area contributed by atoms with Crippen molar-refractivity contribution in [1.29, 1.82) is 0 Å². The molecule has 0 atom stereocenters. The monoisotopic (exact) mass is 315 g/mol. The SMILES string of the molecule is NNC=N/C(Cl)=C\[CH]=[W]. The van der Waals surface area contributed by atoms with Gasteiger partial charge in [-0.05, 0) is 0 Å². The molecule has 0 saturated carbocycles. The zero-order valence-electron chi connectivity index (χ0n) is 4.54. The molecule has 0 saturated heterocycles. The van der Waals surface area contributed by atoms with E-state index in [-0.39, 0.29) is 0 Å². The summed E-state index contributed by atoms with van der Waals surface area (Å²) in [5, 5.41) is 0.419. The number of halogens is 1. The van der Waals surface area contributed by atoms with Gasteiger partial charge in [-0.2, -0.15) is 0 Å². The Kier molecular flexibility index (Phi) is 6.16. The first-order valence-electron chi connectivity index (χ1n) is 2.11. The Morgan fingerprint density at radius 1 is 1.78 bits per heavy atom. The molecule has 0 aromatic rings. The van der Waals surface area contributed by atoms with Crippen molar-refractivity contribution in [3.63, 3.8) is 0 Å². The molecule has 50 valence electrons. The number of nitrogens with two attached hydrogens (primary N) is 1. The van der Waals surface area contributed by atoms with Gasteiger partial charge in [0.1, 0.15) is 0 Å². The van der Waals surface area contributed by atoms with Crippen molar-refractivity contribution in [3.8, 4) is 0 Å². The molecule has 0 aliphatic rings. The molecule has 0 rings (SSSR count). The summed E-state index contributed by atoms with van der Waals surface area (Å²) in [7, 11) is 0. The molecule has 5 heteroatoms. The summed E-state index contributed by atoms with van der Waals surface area (Å²) in [6.07, 6.45) is 3.02. The van der Waals surface area contributed by atoms with Crippen molar-refractivity contribution in [1.82, 2.24) is 5.43 Å². The van der Waals surface area contributed by atoms with Gasteiger partial charge in [-0.25, -0.2) is 0 Å². The minimum atomic E-state index is 0.419. The molecule has 0 heterocycles. The Morgan fingerprint density at radius 2 is 2.44 bits per heavy atom. The van der Waals surface area contributed by atoms with E-state index in [0.29, 0.717) is 5.16 Å². The zero-order chi connectivity index (χ0) is 7.11. The predicted molar refractivity (Wildman–Crippen MR) is 35.8 cm³/mol. The number of rotatable bonds is 3. The topological polar surface area (TPSA) is 50.4 Å². The third-order valence-electron chi connectivity index (χ3n) is 0.468. The van der Waals surface area contributed by atoms with E-state index >= 15 is 0 Å². The number of aliphatic imine (C=N–C) groups is 1. The van der Waals surface area contributed by atoms with Gasteiger partial charge < -0.3 is 0 Å². The number of nitrogens with zero attached hydrogens (tertiary/aromatic N) is 1. The fourth-order valence-electron chi connectivity index (χ4n) is 0.198. The third kappa shape index (κ3) is 5.90. The van der Waals surface area contributed by atoms with Crippen LogP contribution in [-0.2, 0) is 19.4 Å². The van der Waals surface area contributed by atoms with Crippen LogP contribution in [0.4, 0.5) is 0 Å². The molecule has 0 aromatic carbocycles. The summed E-state index contributed by atoms with van der Waals surface area (Å²) in [4.78, 5) is 3.68. The van der Waals surface area contributed by atoms with Crippen molar-refractivity contribution in [2.45, 2.75) is 0 Å². The first-order chi connectivity index (χ1) is 4.31. The Balaban J connectivity index is 3.74. The van der Waals surface area contributed by atoms with E-state index in [1.54, 1.807) is 6.08 Å². The van der Waals surface area contributed by atoms with Gasteiger partial charge in [0, 0.05) is 0 Å². The average Bonchev–Trinajstić information content (AvgIpc) is 1.85. The molecule has 0 amide bonds. The van der Waals surface area contributed by atoms with Crippen LogP contribution in [0.2, 0.25) is 0 Å². The molecule has 0 aromatic heterocycles. The molecule has 0 aliphatic carbocycles. The van der Waals surface area contributed by atoms with Crippen LogP contribution in [0.25, 0.3) is 0 Å². The molecular weight excluding hydrogens is 309 g/mol. The molecule has 3 nitrogen and oxygen atoms in total. The Bertz CT molecular complexity index is 143. The van der Waals surface area contributed by atoms with E-state index < -0.39 is 0 Å². The summed E-state index contributed by atoms with van der Waals surface area (Å²) in [6.45, 7) is 0. The van der Waals surface area contributed by atoms with Gasteiger partial charge in [-0.15, -0.1) is 0 Å². The van der Waals surface area contributed by atoms with Crippen molar-refractivity contribution in [3.05, 3.63) is 11.2 Å². The predicted octanol–water partition coefficient (Wildman–Crippen LogP) is -0.0928. The van der Waals surface area contributed by atoms with E-state index in [4.69, 9.17) is 17.4 Å². The van der Waals surface area contributed by atoms with Crippen LogP contribution < -0.4 is 11.3 Å². The van der Waals surface area contributed by atoms with Gasteiger partial charge in [0.25, 0.3) is 0 Å². The molecular formula is C4H6ClN3W. The molecule has 9 heavy (non-hydrogen) atoms. The Morgan fingerprint density at radius 3 is 2.89 bits per heavy atom. The molecule has 0 radical (unpaired) electrons. The number of allylic oxidation sites excluding steroid dienone is 1. The summed E-state index contributed by atoms with van der Waals surface area (Å²) in [6, 6.07) is 0. The van der Waals surface area contributed by atoms with E-state index in [1.165, 1.54) is 25.7 Å². The number of hydrazine groups is 1. The zero-order valence-corrected chi connectivity index (χ0v) is 8.23. The first-order valence-corrected chi connectivity index (χ1v) is 4.18. The van der Waals surface area contributed by atoms with Crippen molar-refractivity contribution in [2.75, 3.05) is 0 Å². The van der Waals surface area contributed by atoms with Crippen molar-refractivity contribution in [2.24, 2.45) is 10.8 Å². The molecule has 3 N–H and O–H groups in total. The van der Waals surface area contributed by atoms with Crippen LogP contribution in [0.5, 0.6) is 0 Å². The summed E-state index contributed by atoms with van der Waals surface area (Å²) in [5.74, 6) is 4.88. The maximum absolute atomic E-state index is 5.51. The molecule has 0 aliphatic heterocycles. The van der Waals surface area contributed by atoms with Crippen LogP contribution in [0.3, 0.4) is 0 Å². The fourth-order valence-corrected chi connectivity index (χ4v) is 1.07. The Labute approximate surface area is 69.4 Å². The van der Waals surface area contributed by atoms with E-state index in [1.807, 2.05) is 4.40 Å². The third-order valence-corrected chi connectivity index (χ3v) is 1.18. The quantitative estimate of drug-likeness (QED) is 0.251. The van der Waals surface area contributed by atoms with E-state index in [2.05, 4.69) is 10.4 Å². The average molecular weight is 315 g/mol. The second kappa shape index (κ2) is 6.14. The van der Waals surface area contributed by atoms with Crippen LogP contribution >= 0.6 is 11.6 Å². The molecule has 0 bridgehead atoms. The van der Waals surface area contributed by atoms with Gasteiger partial charge in [-0.1, -0.05) is 0 Å². The normalized spacial score (nSPS) is 12.0. The van der Waals surface area contributed by atoms with Crippen LogP contribution in [0.15, 0.2) is 16.2 Å².